The van der Waals surface area contributed by atoms with E-state index in [1.54, 1.807) is 4.68 Å². The molecule has 6 heteroatoms. The number of hydrogen-bond acceptors (Lipinski definition) is 5. The molecule has 146 valence electrons. The van der Waals surface area contributed by atoms with Crippen LogP contribution in [0.15, 0.2) is 47.6 Å². The van der Waals surface area contributed by atoms with E-state index in [1.807, 2.05) is 49.4 Å². The highest BCUT2D eigenvalue weighted by molar-refractivity contribution is 8.00. The number of ketones is 1. The Morgan fingerprint density at radius 1 is 1.04 bits per heavy atom. The van der Waals surface area contributed by atoms with E-state index in [0.29, 0.717) is 10.7 Å². The van der Waals surface area contributed by atoms with Crippen LogP contribution in [-0.2, 0) is 5.41 Å². The fourth-order valence-corrected chi connectivity index (χ4v) is 3.74. The summed E-state index contributed by atoms with van der Waals surface area (Å²) in [7, 11) is 0. The molecule has 5 nitrogen and oxygen atoms in total. The van der Waals surface area contributed by atoms with Gasteiger partial charge in [0.2, 0.25) is 5.16 Å². The van der Waals surface area contributed by atoms with Crippen LogP contribution < -0.4 is 0 Å². The molecule has 0 aliphatic rings. The van der Waals surface area contributed by atoms with E-state index >= 15 is 0 Å². The summed E-state index contributed by atoms with van der Waals surface area (Å²) in [5, 5.41) is 12.3. The molecule has 0 bridgehead atoms. The first-order valence-electron chi connectivity index (χ1n) is 9.34. The zero-order valence-electron chi connectivity index (χ0n) is 17.2. The number of carbonyl (C=O) groups excluding carboxylic acids is 1. The van der Waals surface area contributed by atoms with E-state index in [2.05, 4.69) is 50.1 Å². The minimum Gasteiger partial charge on any atom is -0.293 e. The number of rotatable bonds is 5. The molecule has 1 aromatic heterocycles. The lowest BCUT2D eigenvalue weighted by Crippen LogP contribution is -2.16. The van der Waals surface area contributed by atoms with E-state index in [-0.39, 0.29) is 16.4 Å². The van der Waals surface area contributed by atoms with Crippen molar-refractivity contribution in [2.24, 2.45) is 0 Å². The van der Waals surface area contributed by atoms with Crippen molar-refractivity contribution >= 4 is 17.5 Å². The Bertz CT molecular complexity index is 987. The number of nitrogens with zero attached hydrogens (tertiary/aromatic N) is 4. The van der Waals surface area contributed by atoms with Crippen LogP contribution in [0.1, 0.15) is 54.7 Å². The van der Waals surface area contributed by atoms with Crippen LogP contribution in [-0.4, -0.2) is 31.2 Å². The predicted molar refractivity (Wildman–Crippen MR) is 113 cm³/mol. The quantitative estimate of drug-likeness (QED) is 0.453. The molecule has 0 aliphatic carbocycles. The summed E-state index contributed by atoms with van der Waals surface area (Å²) < 4.78 is 1.68. The number of aryl methyl sites for hydroxylation is 2. The van der Waals surface area contributed by atoms with Crippen LogP contribution in [0.2, 0.25) is 0 Å². The Morgan fingerprint density at radius 2 is 1.71 bits per heavy atom. The van der Waals surface area contributed by atoms with Gasteiger partial charge in [0, 0.05) is 5.56 Å². The SMILES string of the molecule is Cc1ccc(-n2nnnc2S[C@@H](C)C(=O)c2ccc(C(C)(C)C)cc2)cc1C. The van der Waals surface area contributed by atoms with Crippen LogP contribution in [0.3, 0.4) is 0 Å². The summed E-state index contributed by atoms with van der Waals surface area (Å²) in [5.41, 5.74) is 5.27. The van der Waals surface area contributed by atoms with Crippen molar-refractivity contribution in [2.75, 3.05) is 0 Å². The molecular formula is C22H26N4OS. The van der Waals surface area contributed by atoms with Gasteiger partial charge in [-0.25, -0.2) is 0 Å². The maximum Gasteiger partial charge on any atom is 0.214 e. The van der Waals surface area contributed by atoms with E-state index in [9.17, 15) is 4.79 Å². The maximum absolute atomic E-state index is 12.9. The topological polar surface area (TPSA) is 60.7 Å². The zero-order valence-corrected chi connectivity index (χ0v) is 18.0. The van der Waals surface area contributed by atoms with Crippen LogP contribution in [0, 0.1) is 13.8 Å². The summed E-state index contributed by atoms with van der Waals surface area (Å²) in [6.07, 6.45) is 0. The van der Waals surface area contributed by atoms with Crippen molar-refractivity contribution in [1.82, 2.24) is 20.2 Å². The number of carbonyl (C=O) groups is 1. The van der Waals surface area contributed by atoms with Gasteiger partial charge in [-0.2, -0.15) is 4.68 Å². The summed E-state index contributed by atoms with van der Waals surface area (Å²) >= 11 is 1.37. The Labute approximate surface area is 170 Å². The average Bonchev–Trinajstić information content (AvgIpc) is 3.11. The number of tetrazole rings is 1. The maximum atomic E-state index is 12.9. The third kappa shape index (κ3) is 4.33. The number of Topliss-reactive ketones (excluding diaryl/α,β-unsaturated/α-hetero) is 1. The molecule has 3 aromatic rings. The first-order chi connectivity index (χ1) is 13.2. The highest BCUT2D eigenvalue weighted by Gasteiger charge is 2.21. The predicted octanol–water partition coefficient (Wildman–Crippen LogP) is 4.94. The van der Waals surface area contributed by atoms with Crippen LogP contribution in [0.5, 0.6) is 0 Å². The van der Waals surface area contributed by atoms with Gasteiger partial charge in [-0.1, -0.05) is 62.9 Å². The van der Waals surface area contributed by atoms with E-state index < -0.39 is 0 Å². The average molecular weight is 395 g/mol. The highest BCUT2D eigenvalue weighted by Crippen LogP contribution is 2.27. The molecule has 0 amide bonds. The van der Waals surface area contributed by atoms with Crippen molar-refractivity contribution in [3.8, 4) is 5.69 Å². The van der Waals surface area contributed by atoms with Crippen LogP contribution in [0.4, 0.5) is 0 Å². The molecule has 0 saturated carbocycles. The van der Waals surface area contributed by atoms with Gasteiger partial charge in [-0.05, 0) is 65.4 Å². The normalized spacial score (nSPS) is 12.8. The molecule has 0 fully saturated rings. The third-order valence-electron chi connectivity index (χ3n) is 4.86. The summed E-state index contributed by atoms with van der Waals surface area (Å²) in [6.45, 7) is 12.5. The van der Waals surface area contributed by atoms with Gasteiger partial charge < -0.3 is 0 Å². The number of hydrogen-bond donors (Lipinski definition) is 0. The summed E-state index contributed by atoms with van der Waals surface area (Å²) in [4.78, 5) is 12.9. The fourth-order valence-electron chi connectivity index (χ4n) is 2.85. The second-order valence-corrected chi connectivity index (χ2v) is 9.40. The molecule has 0 saturated heterocycles. The first kappa shape index (κ1) is 20.3. The molecule has 0 aliphatic heterocycles. The molecule has 0 unspecified atom stereocenters. The summed E-state index contributed by atoms with van der Waals surface area (Å²) in [5.74, 6) is 0.0695. The van der Waals surface area contributed by atoms with Gasteiger partial charge in [0.05, 0.1) is 10.9 Å². The zero-order chi connectivity index (χ0) is 20.5. The van der Waals surface area contributed by atoms with Gasteiger partial charge in [0.1, 0.15) is 0 Å². The summed E-state index contributed by atoms with van der Waals surface area (Å²) in [6, 6.07) is 14.0. The molecule has 28 heavy (non-hydrogen) atoms. The number of aromatic nitrogens is 4. The van der Waals surface area contributed by atoms with Crippen LogP contribution in [0.25, 0.3) is 5.69 Å². The number of benzene rings is 2. The minimum absolute atomic E-state index is 0.0657. The Kier molecular flexibility index (Phi) is 5.70. The molecule has 0 spiro atoms. The lowest BCUT2D eigenvalue weighted by atomic mass is 9.86. The largest absolute Gasteiger partial charge is 0.293 e. The van der Waals surface area contributed by atoms with Crippen molar-refractivity contribution < 1.29 is 4.79 Å². The smallest absolute Gasteiger partial charge is 0.214 e. The van der Waals surface area contributed by atoms with Crippen LogP contribution >= 0.6 is 11.8 Å². The fraction of sp³-hybridized carbons (Fsp3) is 0.364. The molecule has 3 rings (SSSR count). The Hall–Kier alpha value is -2.47. The first-order valence-corrected chi connectivity index (χ1v) is 10.2. The van der Waals surface area contributed by atoms with Crippen molar-refractivity contribution in [3.63, 3.8) is 0 Å². The Balaban J connectivity index is 1.78. The van der Waals surface area contributed by atoms with Crippen molar-refractivity contribution in [1.29, 1.82) is 0 Å². The molecule has 2 aromatic carbocycles. The van der Waals surface area contributed by atoms with Gasteiger partial charge >= 0.3 is 0 Å². The van der Waals surface area contributed by atoms with Gasteiger partial charge in [0.25, 0.3) is 0 Å². The molecule has 0 N–H and O–H groups in total. The third-order valence-corrected chi connectivity index (χ3v) is 5.90. The number of thioether (sulfide) groups is 1. The van der Waals surface area contributed by atoms with Gasteiger partial charge in [-0.3, -0.25) is 4.79 Å². The molecular weight excluding hydrogens is 368 g/mol. The van der Waals surface area contributed by atoms with Gasteiger partial charge in [0.15, 0.2) is 5.78 Å². The second-order valence-electron chi connectivity index (χ2n) is 8.09. The standard InChI is InChI=1S/C22H26N4OS/c1-14-7-12-19(13-15(14)2)26-21(23-24-25-26)28-16(3)20(27)17-8-10-18(11-9-17)22(4,5)6/h7-13,16H,1-6H3/t16-/m0/s1. The Morgan fingerprint density at radius 3 is 2.32 bits per heavy atom. The van der Waals surface area contributed by atoms with Crippen molar-refractivity contribution in [2.45, 2.75) is 57.4 Å². The lowest BCUT2D eigenvalue weighted by molar-refractivity contribution is 0.0994. The second kappa shape index (κ2) is 7.87. The highest BCUT2D eigenvalue weighted by atomic mass is 32.2. The minimum atomic E-state index is -0.295. The monoisotopic (exact) mass is 394 g/mol. The molecule has 1 atom stereocenters. The van der Waals surface area contributed by atoms with E-state index in [4.69, 9.17) is 0 Å². The van der Waals surface area contributed by atoms with E-state index in [0.717, 1.165) is 5.69 Å². The molecule has 0 radical (unpaired) electrons. The van der Waals surface area contributed by atoms with E-state index in [1.165, 1.54) is 28.5 Å². The van der Waals surface area contributed by atoms with Gasteiger partial charge in [-0.15, -0.1) is 5.10 Å². The van der Waals surface area contributed by atoms with Crippen molar-refractivity contribution in [3.05, 3.63) is 64.7 Å². The lowest BCUT2D eigenvalue weighted by Gasteiger charge is -2.19. The molecule has 1 heterocycles.